The highest BCUT2D eigenvalue weighted by Gasteiger charge is 2.25. The number of hydrogen-bond acceptors (Lipinski definition) is 4. The van der Waals surface area contributed by atoms with Gasteiger partial charge < -0.3 is 14.8 Å². The molecule has 1 aliphatic heterocycles. The van der Waals surface area contributed by atoms with Crippen molar-refractivity contribution < 1.29 is 14.3 Å². The normalized spacial score (nSPS) is 18.7. The summed E-state index contributed by atoms with van der Waals surface area (Å²) in [6.07, 6.45) is 1.69. The van der Waals surface area contributed by atoms with Gasteiger partial charge in [0, 0.05) is 29.2 Å². The Labute approximate surface area is 159 Å². The summed E-state index contributed by atoms with van der Waals surface area (Å²) in [6.45, 7) is 10.3. The lowest BCUT2D eigenvalue weighted by Gasteiger charge is -2.34. The maximum absolute atomic E-state index is 12.0. The molecule has 1 aliphatic rings. The largest absolute Gasteiger partial charge is 0.496 e. The summed E-state index contributed by atoms with van der Waals surface area (Å²) in [5.74, 6) is 0.936. The van der Waals surface area contributed by atoms with Crippen molar-refractivity contribution in [1.82, 2.24) is 10.2 Å². The van der Waals surface area contributed by atoms with Gasteiger partial charge in [0.05, 0.1) is 7.11 Å². The number of nitrogens with one attached hydrogen (secondary N) is 1. The first-order valence-electron chi connectivity index (χ1n) is 8.73. The molecular weight excluding hydrogens is 384 g/mol. The van der Waals surface area contributed by atoms with Crippen LogP contribution in [0.2, 0.25) is 0 Å². The number of halogens is 1. The number of aryl methyl sites for hydroxylation is 1. The Hall–Kier alpha value is -1.27. The summed E-state index contributed by atoms with van der Waals surface area (Å²) in [5.41, 5.74) is 1.80. The maximum Gasteiger partial charge on any atom is 0.407 e. The van der Waals surface area contributed by atoms with Crippen LogP contribution in [-0.2, 0) is 11.3 Å². The van der Waals surface area contributed by atoms with Gasteiger partial charge in [-0.2, -0.15) is 0 Å². The molecule has 1 saturated heterocycles. The van der Waals surface area contributed by atoms with Gasteiger partial charge in [0.2, 0.25) is 0 Å². The molecule has 140 valence electrons. The molecule has 0 aromatic heterocycles. The fourth-order valence-corrected chi connectivity index (χ4v) is 3.86. The number of amides is 1. The van der Waals surface area contributed by atoms with Crippen LogP contribution in [-0.4, -0.2) is 42.8 Å². The molecule has 1 atom stereocenters. The number of alkyl carbamates (subject to hydrolysis) is 1. The summed E-state index contributed by atoms with van der Waals surface area (Å²) >= 11 is 3.57. The van der Waals surface area contributed by atoms with E-state index in [9.17, 15) is 4.79 Å². The van der Waals surface area contributed by atoms with Crippen LogP contribution < -0.4 is 10.1 Å². The molecule has 0 bridgehead atoms. The molecular formula is C19H29BrN2O3. The van der Waals surface area contributed by atoms with Gasteiger partial charge in [-0.15, -0.1) is 0 Å². The molecule has 2 rings (SSSR count). The molecule has 1 N–H and O–H groups in total. The highest BCUT2D eigenvalue weighted by Crippen LogP contribution is 2.29. The van der Waals surface area contributed by atoms with Crippen molar-refractivity contribution >= 4 is 22.0 Å². The standard InChI is InChI=1S/C19H29BrN2O3/c1-13-9-15(20)10-14(17(13)24-5)11-22-8-6-7-16(12-22)21-18(23)25-19(2,3)4/h9-10,16H,6-8,11-12H2,1-5H3,(H,21,23). The minimum absolute atomic E-state index is 0.114. The van der Waals surface area contributed by atoms with Gasteiger partial charge in [-0.05, 0) is 64.8 Å². The summed E-state index contributed by atoms with van der Waals surface area (Å²) in [5, 5.41) is 3.00. The van der Waals surface area contributed by atoms with E-state index >= 15 is 0 Å². The third kappa shape index (κ3) is 6.19. The van der Waals surface area contributed by atoms with Gasteiger partial charge in [0.15, 0.2) is 0 Å². The average molecular weight is 413 g/mol. The second kappa shape index (κ2) is 8.41. The molecule has 1 fully saturated rings. The van der Waals surface area contributed by atoms with E-state index in [1.54, 1.807) is 7.11 Å². The van der Waals surface area contributed by atoms with E-state index in [4.69, 9.17) is 9.47 Å². The first-order chi connectivity index (χ1) is 11.7. The summed E-state index contributed by atoms with van der Waals surface area (Å²) in [4.78, 5) is 14.4. The fourth-order valence-electron chi connectivity index (χ4n) is 3.24. The van der Waals surface area contributed by atoms with Crippen LogP contribution in [0, 0.1) is 6.92 Å². The first-order valence-corrected chi connectivity index (χ1v) is 9.52. The van der Waals surface area contributed by atoms with Crippen LogP contribution in [0.4, 0.5) is 4.79 Å². The molecule has 0 aliphatic carbocycles. The molecule has 25 heavy (non-hydrogen) atoms. The van der Waals surface area contributed by atoms with Crippen LogP contribution in [0.5, 0.6) is 5.75 Å². The highest BCUT2D eigenvalue weighted by atomic mass is 79.9. The van der Waals surface area contributed by atoms with Crippen molar-refractivity contribution in [3.63, 3.8) is 0 Å². The van der Waals surface area contributed by atoms with Crippen molar-refractivity contribution in [3.05, 3.63) is 27.7 Å². The Balaban J connectivity index is 1.99. The second-order valence-electron chi connectivity index (χ2n) is 7.64. The fraction of sp³-hybridized carbons (Fsp3) is 0.632. The van der Waals surface area contributed by atoms with Gasteiger partial charge in [-0.1, -0.05) is 15.9 Å². The highest BCUT2D eigenvalue weighted by molar-refractivity contribution is 9.10. The van der Waals surface area contributed by atoms with Gasteiger partial charge >= 0.3 is 6.09 Å². The number of ether oxygens (including phenoxy) is 2. The minimum atomic E-state index is -0.473. The maximum atomic E-state index is 12.0. The zero-order chi connectivity index (χ0) is 18.6. The number of hydrogen-bond donors (Lipinski definition) is 1. The Morgan fingerprint density at radius 2 is 2.12 bits per heavy atom. The van der Waals surface area contributed by atoms with Crippen LogP contribution in [0.3, 0.4) is 0 Å². The molecule has 0 saturated carbocycles. The lowest BCUT2D eigenvalue weighted by Crippen LogP contribution is -2.48. The average Bonchev–Trinajstić information content (AvgIpc) is 2.45. The molecule has 0 radical (unpaired) electrons. The Morgan fingerprint density at radius 1 is 1.40 bits per heavy atom. The predicted octanol–water partition coefficient (Wildman–Crippen LogP) is 4.26. The zero-order valence-electron chi connectivity index (χ0n) is 15.8. The van der Waals surface area contributed by atoms with E-state index in [-0.39, 0.29) is 12.1 Å². The zero-order valence-corrected chi connectivity index (χ0v) is 17.4. The van der Waals surface area contributed by atoms with E-state index in [1.807, 2.05) is 20.8 Å². The quantitative estimate of drug-likeness (QED) is 0.802. The van der Waals surface area contributed by atoms with Gasteiger partial charge in [0.25, 0.3) is 0 Å². The van der Waals surface area contributed by atoms with E-state index in [2.05, 4.69) is 45.2 Å². The van der Waals surface area contributed by atoms with Crippen LogP contribution in [0.1, 0.15) is 44.7 Å². The van der Waals surface area contributed by atoms with Crippen molar-refractivity contribution in [2.75, 3.05) is 20.2 Å². The molecule has 1 unspecified atom stereocenters. The topological polar surface area (TPSA) is 50.8 Å². The summed E-state index contributed by atoms with van der Waals surface area (Å²) in [7, 11) is 1.71. The monoisotopic (exact) mass is 412 g/mol. The van der Waals surface area contributed by atoms with E-state index in [0.29, 0.717) is 0 Å². The molecule has 1 aromatic carbocycles. The third-order valence-corrected chi connectivity index (χ3v) is 4.60. The predicted molar refractivity (Wildman–Crippen MR) is 103 cm³/mol. The van der Waals surface area contributed by atoms with Gasteiger partial charge in [-0.25, -0.2) is 4.79 Å². The summed E-state index contributed by atoms with van der Waals surface area (Å²) < 4.78 is 12.0. The lowest BCUT2D eigenvalue weighted by atomic mass is 10.0. The number of likely N-dealkylation sites (tertiary alicyclic amines) is 1. The third-order valence-electron chi connectivity index (χ3n) is 4.14. The van der Waals surface area contributed by atoms with Crippen molar-refractivity contribution in [2.24, 2.45) is 0 Å². The number of rotatable bonds is 4. The minimum Gasteiger partial charge on any atom is -0.496 e. The molecule has 0 spiro atoms. The Kier molecular flexibility index (Phi) is 6.74. The van der Waals surface area contributed by atoms with Gasteiger partial charge in [0.1, 0.15) is 11.4 Å². The number of nitrogens with zero attached hydrogens (tertiary/aromatic N) is 1. The Morgan fingerprint density at radius 3 is 2.76 bits per heavy atom. The van der Waals surface area contributed by atoms with Crippen molar-refractivity contribution in [3.8, 4) is 5.75 Å². The van der Waals surface area contributed by atoms with Crippen LogP contribution >= 0.6 is 15.9 Å². The lowest BCUT2D eigenvalue weighted by molar-refractivity contribution is 0.0470. The molecule has 1 aromatic rings. The van der Waals surface area contributed by atoms with Crippen LogP contribution in [0.25, 0.3) is 0 Å². The SMILES string of the molecule is COc1c(C)cc(Br)cc1CN1CCCC(NC(=O)OC(C)(C)C)C1. The van der Waals surface area contributed by atoms with Crippen molar-refractivity contribution in [1.29, 1.82) is 0 Å². The van der Waals surface area contributed by atoms with E-state index < -0.39 is 5.60 Å². The Bertz CT molecular complexity index is 613. The number of carbonyl (C=O) groups excluding carboxylic acids is 1. The molecule has 6 heteroatoms. The van der Waals surface area contributed by atoms with E-state index in [1.165, 1.54) is 0 Å². The van der Waals surface area contributed by atoms with Crippen molar-refractivity contribution in [2.45, 2.75) is 58.7 Å². The molecule has 1 heterocycles. The number of methoxy groups -OCH3 is 1. The van der Waals surface area contributed by atoms with Gasteiger partial charge in [-0.3, -0.25) is 4.90 Å². The number of carbonyl (C=O) groups is 1. The van der Waals surface area contributed by atoms with E-state index in [0.717, 1.165) is 53.8 Å². The van der Waals surface area contributed by atoms with Crippen LogP contribution in [0.15, 0.2) is 16.6 Å². The number of benzene rings is 1. The molecule has 5 nitrogen and oxygen atoms in total. The number of piperidine rings is 1. The first kappa shape index (κ1) is 20.0. The molecule has 1 amide bonds. The second-order valence-corrected chi connectivity index (χ2v) is 8.55. The summed E-state index contributed by atoms with van der Waals surface area (Å²) in [6, 6.07) is 4.28. The smallest absolute Gasteiger partial charge is 0.407 e.